The molecule has 7 nitrogen and oxygen atoms in total. The van der Waals surface area contributed by atoms with Crippen molar-refractivity contribution in [3.8, 4) is 11.5 Å². The highest BCUT2D eigenvalue weighted by molar-refractivity contribution is 5.80. The van der Waals surface area contributed by atoms with Crippen molar-refractivity contribution in [3.05, 3.63) is 18.2 Å². The molecule has 3 rings (SSSR count). The third kappa shape index (κ3) is 6.17. The van der Waals surface area contributed by atoms with Gasteiger partial charge in [0, 0.05) is 69.8 Å². The summed E-state index contributed by atoms with van der Waals surface area (Å²) < 4.78 is 16.4. The van der Waals surface area contributed by atoms with Crippen molar-refractivity contribution < 1.29 is 14.2 Å². The molecule has 0 radical (unpaired) electrons. The zero-order valence-corrected chi connectivity index (χ0v) is 19.0. The molecule has 2 N–H and O–H groups in total. The molecule has 2 fully saturated rings. The van der Waals surface area contributed by atoms with Crippen LogP contribution in [-0.2, 0) is 4.74 Å². The van der Waals surface area contributed by atoms with Crippen LogP contribution >= 0.6 is 0 Å². The highest BCUT2D eigenvalue weighted by Crippen LogP contribution is 2.48. The molecule has 168 valence electrons. The van der Waals surface area contributed by atoms with E-state index >= 15 is 0 Å². The van der Waals surface area contributed by atoms with Crippen molar-refractivity contribution in [1.82, 2.24) is 10.6 Å². The van der Waals surface area contributed by atoms with Crippen LogP contribution in [-0.4, -0.2) is 66.1 Å². The van der Waals surface area contributed by atoms with Crippen molar-refractivity contribution >= 4 is 11.6 Å². The van der Waals surface area contributed by atoms with Gasteiger partial charge in [-0.1, -0.05) is 0 Å². The van der Waals surface area contributed by atoms with Gasteiger partial charge in [-0.15, -0.1) is 0 Å². The lowest BCUT2D eigenvalue weighted by molar-refractivity contribution is 0.128. The summed E-state index contributed by atoms with van der Waals surface area (Å²) in [4.78, 5) is 6.84. The van der Waals surface area contributed by atoms with Crippen molar-refractivity contribution in [1.29, 1.82) is 0 Å². The van der Waals surface area contributed by atoms with Crippen molar-refractivity contribution in [3.63, 3.8) is 0 Å². The Morgan fingerprint density at radius 2 is 1.80 bits per heavy atom. The predicted molar refractivity (Wildman–Crippen MR) is 122 cm³/mol. The number of aliphatic imine (C=N–C) groups is 1. The molecule has 0 amide bonds. The maximum absolute atomic E-state index is 5.55. The minimum Gasteiger partial charge on any atom is -0.497 e. The van der Waals surface area contributed by atoms with E-state index in [-0.39, 0.29) is 0 Å². The molecule has 1 saturated heterocycles. The first kappa shape index (κ1) is 22.5. The van der Waals surface area contributed by atoms with Gasteiger partial charge in [-0.25, -0.2) is 0 Å². The van der Waals surface area contributed by atoms with E-state index in [9.17, 15) is 0 Å². The van der Waals surface area contributed by atoms with Crippen LogP contribution in [0.15, 0.2) is 23.2 Å². The Bertz CT molecular complexity index is 675. The SMILES string of the molecule is CCOCCC1(CNC(=NC)NC2CCN(c3cc(OC)cc(OC)c3)CC2)CC1. The van der Waals surface area contributed by atoms with E-state index < -0.39 is 0 Å². The maximum atomic E-state index is 5.55. The Balaban J connectivity index is 1.46. The monoisotopic (exact) mass is 418 g/mol. The van der Waals surface area contributed by atoms with Crippen LogP contribution in [0.1, 0.15) is 39.0 Å². The number of piperidine rings is 1. The molecule has 0 spiro atoms. The van der Waals surface area contributed by atoms with Gasteiger partial charge in [-0.05, 0) is 44.4 Å². The number of nitrogens with zero attached hydrogens (tertiary/aromatic N) is 2. The molecule has 1 aromatic rings. The highest BCUT2D eigenvalue weighted by Gasteiger charge is 2.42. The second kappa shape index (κ2) is 10.8. The molecule has 7 heteroatoms. The molecule has 1 heterocycles. The minimum absolute atomic E-state index is 0.404. The van der Waals surface area contributed by atoms with Crippen LogP contribution in [0, 0.1) is 5.41 Å². The second-order valence-corrected chi connectivity index (χ2v) is 8.35. The Kier molecular flexibility index (Phi) is 8.08. The first-order chi connectivity index (χ1) is 14.6. The number of rotatable bonds is 10. The average molecular weight is 419 g/mol. The summed E-state index contributed by atoms with van der Waals surface area (Å²) >= 11 is 0. The van der Waals surface area contributed by atoms with Crippen molar-refractivity contribution in [2.75, 3.05) is 59.0 Å². The van der Waals surface area contributed by atoms with E-state index in [4.69, 9.17) is 14.2 Å². The van der Waals surface area contributed by atoms with Gasteiger partial charge < -0.3 is 29.7 Å². The predicted octanol–water partition coefficient (Wildman–Crippen LogP) is 3.04. The topological polar surface area (TPSA) is 67.4 Å². The fourth-order valence-electron chi connectivity index (χ4n) is 4.04. The molecule has 30 heavy (non-hydrogen) atoms. The van der Waals surface area contributed by atoms with Crippen molar-refractivity contribution in [2.45, 2.75) is 45.1 Å². The third-order valence-corrected chi connectivity index (χ3v) is 6.33. The Morgan fingerprint density at radius 3 is 2.33 bits per heavy atom. The van der Waals surface area contributed by atoms with Gasteiger partial charge in [0.05, 0.1) is 14.2 Å². The molecule has 0 atom stereocenters. The minimum atomic E-state index is 0.404. The Hall–Kier alpha value is -2.15. The fourth-order valence-corrected chi connectivity index (χ4v) is 4.04. The average Bonchev–Trinajstić information content (AvgIpc) is 3.56. The quantitative estimate of drug-likeness (QED) is 0.346. The van der Waals surface area contributed by atoms with E-state index in [1.807, 2.05) is 13.1 Å². The first-order valence-corrected chi connectivity index (χ1v) is 11.1. The van der Waals surface area contributed by atoms with Crippen LogP contribution in [0.5, 0.6) is 11.5 Å². The van der Waals surface area contributed by atoms with Crippen LogP contribution in [0.2, 0.25) is 0 Å². The molecule has 2 aliphatic rings. The van der Waals surface area contributed by atoms with E-state index in [1.165, 1.54) is 12.8 Å². The van der Waals surface area contributed by atoms with Crippen LogP contribution < -0.4 is 25.0 Å². The van der Waals surface area contributed by atoms with Gasteiger partial charge in [0.2, 0.25) is 0 Å². The van der Waals surface area contributed by atoms with Gasteiger partial charge >= 0.3 is 0 Å². The molecule has 1 aliphatic carbocycles. The van der Waals surface area contributed by atoms with Crippen molar-refractivity contribution in [2.24, 2.45) is 10.4 Å². The lowest BCUT2D eigenvalue weighted by Gasteiger charge is -2.35. The number of anilines is 1. The van der Waals surface area contributed by atoms with Crippen LogP contribution in [0.3, 0.4) is 0 Å². The largest absolute Gasteiger partial charge is 0.497 e. The number of hydrogen-bond acceptors (Lipinski definition) is 5. The first-order valence-electron chi connectivity index (χ1n) is 11.1. The van der Waals surface area contributed by atoms with Gasteiger partial charge in [0.1, 0.15) is 11.5 Å². The number of nitrogens with one attached hydrogen (secondary N) is 2. The molecule has 0 bridgehead atoms. The van der Waals surface area contributed by atoms with Crippen LogP contribution in [0.25, 0.3) is 0 Å². The Morgan fingerprint density at radius 1 is 1.13 bits per heavy atom. The number of methoxy groups -OCH3 is 2. The lowest BCUT2D eigenvalue weighted by atomic mass is 10.0. The second-order valence-electron chi connectivity index (χ2n) is 8.35. The van der Waals surface area contributed by atoms with Gasteiger partial charge in [-0.3, -0.25) is 4.99 Å². The molecule has 1 aromatic carbocycles. The van der Waals surface area contributed by atoms with E-state index in [1.54, 1.807) is 14.2 Å². The Labute approximate surface area is 181 Å². The molecular formula is C23H38N4O3. The summed E-state index contributed by atoms with van der Waals surface area (Å²) in [6, 6.07) is 6.50. The number of guanidine groups is 1. The summed E-state index contributed by atoms with van der Waals surface area (Å²) in [5.74, 6) is 2.57. The third-order valence-electron chi connectivity index (χ3n) is 6.33. The normalized spacial score (nSPS) is 18.8. The van der Waals surface area contributed by atoms with Gasteiger partial charge in [0.25, 0.3) is 0 Å². The number of hydrogen-bond donors (Lipinski definition) is 2. The summed E-state index contributed by atoms with van der Waals surface area (Å²) in [6.07, 6.45) is 5.83. The summed E-state index contributed by atoms with van der Waals surface area (Å²) in [5.41, 5.74) is 1.55. The zero-order chi connectivity index (χ0) is 21.4. The molecule has 1 aliphatic heterocycles. The summed E-state index contributed by atoms with van der Waals surface area (Å²) in [5, 5.41) is 7.18. The summed E-state index contributed by atoms with van der Waals surface area (Å²) in [7, 11) is 5.23. The number of benzene rings is 1. The molecule has 1 saturated carbocycles. The maximum Gasteiger partial charge on any atom is 0.191 e. The number of ether oxygens (including phenoxy) is 3. The van der Waals surface area contributed by atoms with E-state index in [0.29, 0.717) is 11.5 Å². The van der Waals surface area contributed by atoms with Crippen LogP contribution in [0.4, 0.5) is 5.69 Å². The molecule has 0 aromatic heterocycles. The molecule has 0 unspecified atom stereocenters. The smallest absolute Gasteiger partial charge is 0.191 e. The summed E-state index contributed by atoms with van der Waals surface area (Å²) in [6.45, 7) is 6.67. The molecular weight excluding hydrogens is 380 g/mol. The zero-order valence-electron chi connectivity index (χ0n) is 19.0. The highest BCUT2D eigenvalue weighted by atomic mass is 16.5. The van der Waals surface area contributed by atoms with Gasteiger partial charge in [-0.2, -0.15) is 0 Å². The lowest BCUT2D eigenvalue weighted by Crippen LogP contribution is -2.49. The van der Waals surface area contributed by atoms with E-state index in [2.05, 4.69) is 39.6 Å². The standard InChI is InChI=1S/C23H38N4O3/c1-5-30-13-10-23(8-9-23)17-25-22(24-2)26-18-6-11-27(12-7-18)19-14-20(28-3)16-21(15-19)29-4/h14-16,18H,5-13,17H2,1-4H3,(H2,24,25,26). The van der Waals surface area contributed by atoms with E-state index in [0.717, 1.165) is 75.3 Å². The fraction of sp³-hybridized carbons (Fsp3) is 0.696. The van der Waals surface area contributed by atoms with Gasteiger partial charge in [0.15, 0.2) is 5.96 Å².